The third kappa shape index (κ3) is 1.60. The maximum absolute atomic E-state index is 14.5. The highest BCUT2D eigenvalue weighted by molar-refractivity contribution is 9.10. The van der Waals surface area contributed by atoms with E-state index in [1.165, 1.54) is 6.42 Å². The summed E-state index contributed by atoms with van der Waals surface area (Å²) in [5.74, 6) is 0.209. The first kappa shape index (κ1) is 10.2. The van der Waals surface area contributed by atoms with E-state index < -0.39 is 5.67 Å². The molecule has 14 heavy (non-hydrogen) atoms. The van der Waals surface area contributed by atoms with Crippen LogP contribution in [0.1, 0.15) is 31.7 Å². The third-order valence-corrected chi connectivity index (χ3v) is 3.96. The first-order chi connectivity index (χ1) is 6.62. The van der Waals surface area contributed by atoms with Crippen LogP contribution in [0.2, 0.25) is 0 Å². The molecule has 0 nitrogen and oxygen atoms in total. The zero-order valence-corrected chi connectivity index (χ0v) is 9.85. The molecule has 0 saturated heterocycles. The Labute approximate surface area is 92.6 Å². The molecule has 1 aliphatic carbocycles. The van der Waals surface area contributed by atoms with Crippen molar-refractivity contribution < 1.29 is 4.39 Å². The van der Waals surface area contributed by atoms with Crippen molar-refractivity contribution >= 4 is 15.9 Å². The van der Waals surface area contributed by atoms with Gasteiger partial charge >= 0.3 is 0 Å². The maximum atomic E-state index is 14.5. The maximum Gasteiger partial charge on any atom is 0.137 e. The molecule has 0 heterocycles. The van der Waals surface area contributed by atoms with E-state index in [1.54, 1.807) is 6.92 Å². The van der Waals surface area contributed by atoms with Gasteiger partial charge in [0.25, 0.3) is 0 Å². The molecular formula is C12H14BrF. The minimum atomic E-state index is -1.17. The van der Waals surface area contributed by atoms with Gasteiger partial charge in [-0.15, -0.1) is 0 Å². The number of halogens is 2. The summed E-state index contributed by atoms with van der Waals surface area (Å²) in [6.45, 7) is 1.71. The van der Waals surface area contributed by atoms with Crippen molar-refractivity contribution in [1.82, 2.24) is 0 Å². The van der Waals surface area contributed by atoms with Gasteiger partial charge in [0.1, 0.15) is 5.67 Å². The van der Waals surface area contributed by atoms with Crippen molar-refractivity contribution in [2.45, 2.75) is 31.9 Å². The van der Waals surface area contributed by atoms with Gasteiger partial charge in [-0.1, -0.05) is 40.5 Å². The number of benzene rings is 1. The van der Waals surface area contributed by atoms with E-state index in [4.69, 9.17) is 0 Å². The Kier molecular flexibility index (Phi) is 2.65. The van der Waals surface area contributed by atoms with Crippen LogP contribution in [0.25, 0.3) is 0 Å². The molecule has 0 amide bonds. The summed E-state index contributed by atoms with van der Waals surface area (Å²) >= 11 is 3.41. The molecule has 76 valence electrons. The van der Waals surface area contributed by atoms with Crippen molar-refractivity contribution in [3.63, 3.8) is 0 Å². The predicted molar refractivity (Wildman–Crippen MR) is 59.9 cm³/mol. The first-order valence-electron chi connectivity index (χ1n) is 5.06. The smallest absolute Gasteiger partial charge is 0.137 e. The van der Waals surface area contributed by atoms with E-state index in [1.807, 2.05) is 24.3 Å². The molecule has 1 unspecified atom stereocenters. The average Bonchev–Trinajstić information content (AvgIpc) is 2.00. The Balaban J connectivity index is 2.32. The van der Waals surface area contributed by atoms with Crippen LogP contribution >= 0.6 is 15.9 Å². The molecule has 0 N–H and O–H groups in total. The van der Waals surface area contributed by atoms with Gasteiger partial charge in [0.2, 0.25) is 0 Å². The lowest BCUT2D eigenvalue weighted by Crippen LogP contribution is -2.32. The molecule has 0 aliphatic heterocycles. The lowest BCUT2D eigenvalue weighted by Gasteiger charge is -2.37. The van der Waals surface area contributed by atoms with Gasteiger partial charge in [-0.25, -0.2) is 4.39 Å². The lowest BCUT2D eigenvalue weighted by atomic mass is 9.72. The van der Waals surface area contributed by atoms with E-state index in [-0.39, 0.29) is 5.92 Å². The zero-order valence-electron chi connectivity index (χ0n) is 8.26. The fourth-order valence-corrected chi connectivity index (χ4v) is 2.70. The summed E-state index contributed by atoms with van der Waals surface area (Å²) in [7, 11) is 0. The van der Waals surface area contributed by atoms with Crippen LogP contribution in [0.3, 0.4) is 0 Å². The minimum Gasteiger partial charge on any atom is -0.239 e. The molecule has 0 radical (unpaired) electrons. The second kappa shape index (κ2) is 3.65. The van der Waals surface area contributed by atoms with Crippen LogP contribution in [-0.2, 0) is 5.67 Å². The van der Waals surface area contributed by atoms with E-state index in [0.717, 1.165) is 22.9 Å². The van der Waals surface area contributed by atoms with Crippen LogP contribution in [-0.4, -0.2) is 0 Å². The summed E-state index contributed by atoms with van der Waals surface area (Å²) in [6, 6.07) is 7.61. The first-order valence-corrected chi connectivity index (χ1v) is 5.85. The van der Waals surface area contributed by atoms with Gasteiger partial charge < -0.3 is 0 Å². The lowest BCUT2D eigenvalue weighted by molar-refractivity contribution is 0.0457. The molecule has 0 aromatic heterocycles. The molecule has 1 saturated carbocycles. The Bertz CT molecular complexity index is 329. The van der Waals surface area contributed by atoms with Crippen LogP contribution in [0.5, 0.6) is 0 Å². The summed E-state index contributed by atoms with van der Waals surface area (Å²) in [5.41, 5.74) is -0.372. The Hall–Kier alpha value is -0.370. The van der Waals surface area contributed by atoms with Crippen molar-refractivity contribution in [2.24, 2.45) is 5.92 Å². The third-order valence-electron chi connectivity index (χ3n) is 3.27. The molecule has 2 rings (SSSR count). The molecule has 2 heteroatoms. The van der Waals surface area contributed by atoms with Crippen molar-refractivity contribution in [2.75, 3.05) is 0 Å². The van der Waals surface area contributed by atoms with Gasteiger partial charge in [-0.05, 0) is 31.7 Å². The van der Waals surface area contributed by atoms with E-state index in [9.17, 15) is 4.39 Å². The average molecular weight is 257 g/mol. The van der Waals surface area contributed by atoms with E-state index in [2.05, 4.69) is 15.9 Å². The Morgan fingerprint density at radius 1 is 1.36 bits per heavy atom. The van der Waals surface area contributed by atoms with Crippen LogP contribution < -0.4 is 0 Å². The summed E-state index contributed by atoms with van der Waals surface area (Å²) in [5, 5.41) is 0. The summed E-state index contributed by atoms with van der Waals surface area (Å²) in [6.07, 6.45) is 3.22. The molecule has 1 aromatic carbocycles. The SMILES string of the molecule is CC(F)(c1ccccc1Br)C1CCC1. The van der Waals surface area contributed by atoms with E-state index in [0.29, 0.717) is 0 Å². The second-order valence-corrected chi connectivity index (χ2v) is 5.04. The monoisotopic (exact) mass is 256 g/mol. The summed E-state index contributed by atoms with van der Waals surface area (Å²) < 4.78 is 15.4. The highest BCUT2D eigenvalue weighted by Gasteiger charge is 2.40. The Morgan fingerprint density at radius 2 is 2.00 bits per heavy atom. The number of hydrogen-bond donors (Lipinski definition) is 0. The number of rotatable bonds is 2. The van der Waals surface area contributed by atoms with Crippen molar-refractivity contribution in [3.8, 4) is 0 Å². The minimum absolute atomic E-state index is 0.209. The fraction of sp³-hybridized carbons (Fsp3) is 0.500. The molecule has 0 bridgehead atoms. The van der Waals surface area contributed by atoms with Crippen LogP contribution in [0, 0.1) is 5.92 Å². The van der Waals surface area contributed by atoms with Gasteiger partial charge in [0.15, 0.2) is 0 Å². The van der Waals surface area contributed by atoms with Gasteiger partial charge in [-0.3, -0.25) is 0 Å². The fourth-order valence-electron chi connectivity index (χ4n) is 2.03. The molecule has 0 spiro atoms. The summed E-state index contributed by atoms with van der Waals surface area (Å²) in [4.78, 5) is 0. The van der Waals surface area contributed by atoms with Gasteiger partial charge in [0, 0.05) is 10.0 Å². The van der Waals surface area contributed by atoms with E-state index >= 15 is 0 Å². The number of alkyl halides is 1. The molecule has 1 aromatic rings. The van der Waals surface area contributed by atoms with Gasteiger partial charge in [-0.2, -0.15) is 0 Å². The predicted octanol–water partition coefficient (Wildman–Crippen LogP) is 4.43. The quantitative estimate of drug-likeness (QED) is 0.735. The van der Waals surface area contributed by atoms with Gasteiger partial charge in [0.05, 0.1) is 0 Å². The Morgan fingerprint density at radius 3 is 2.50 bits per heavy atom. The standard InChI is InChI=1S/C12H14BrF/c1-12(14,9-5-4-6-9)10-7-2-3-8-11(10)13/h2-3,7-9H,4-6H2,1H3. The van der Waals surface area contributed by atoms with Crippen LogP contribution in [0.4, 0.5) is 4.39 Å². The normalized spacial score (nSPS) is 21.4. The molecular weight excluding hydrogens is 243 g/mol. The number of hydrogen-bond acceptors (Lipinski definition) is 0. The molecule has 1 fully saturated rings. The van der Waals surface area contributed by atoms with Crippen molar-refractivity contribution in [3.05, 3.63) is 34.3 Å². The van der Waals surface area contributed by atoms with Crippen molar-refractivity contribution in [1.29, 1.82) is 0 Å². The molecule has 1 atom stereocenters. The second-order valence-electron chi connectivity index (χ2n) is 4.18. The highest BCUT2D eigenvalue weighted by Crippen LogP contribution is 2.46. The van der Waals surface area contributed by atoms with Crippen LogP contribution in [0.15, 0.2) is 28.7 Å². The zero-order chi connectivity index (χ0) is 10.2. The highest BCUT2D eigenvalue weighted by atomic mass is 79.9. The molecule has 1 aliphatic rings. The largest absolute Gasteiger partial charge is 0.239 e. The topological polar surface area (TPSA) is 0 Å².